The van der Waals surface area contributed by atoms with Gasteiger partial charge in [-0.25, -0.2) is 13.6 Å². The van der Waals surface area contributed by atoms with E-state index in [1.165, 1.54) is 0 Å². The van der Waals surface area contributed by atoms with Crippen molar-refractivity contribution in [2.24, 2.45) is 0 Å². The minimum Gasteiger partial charge on any atom is -0.492 e. The summed E-state index contributed by atoms with van der Waals surface area (Å²) in [5.74, 6) is -5.08. The van der Waals surface area contributed by atoms with Crippen LogP contribution >= 0.6 is 15.9 Å². The second-order valence-electron chi connectivity index (χ2n) is 7.76. The molecule has 1 aliphatic rings. The number of carboxylic acids is 1. The molecule has 0 fully saturated rings. The van der Waals surface area contributed by atoms with Gasteiger partial charge in [-0.2, -0.15) is 13.2 Å². The Labute approximate surface area is 199 Å². The summed E-state index contributed by atoms with van der Waals surface area (Å²) in [7, 11) is 0. The maximum atomic E-state index is 14.5. The molecule has 0 unspecified atom stereocenters. The maximum Gasteiger partial charge on any atom is 0.408 e. The lowest BCUT2D eigenvalue weighted by Crippen LogP contribution is -2.43. The first-order valence-corrected chi connectivity index (χ1v) is 11.0. The van der Waals surface area contributed by atoms with Gasteiger partial charge in [-0.15, -0.1) is 0 Å². The second-order valence-corrected chi connectivity index (χ2v) is 8.61. The van der Waals surface area contributed by atoms with Crippen molar-refractivity contribution in [3.05, 3.63) is 57.1 Å². The highest BCUT2D eigenvalue weighted by molar-refractivity contribution is 9.10. The van der Waals surface area contributed by atoms with Crippen molar-refractivity contribution in [2.75, 3.05) is 11.9 Å². The molecule has 2 aromatic carbocycles. The van der Waals surface area contributed by atoms with Gasteiger partial charge in [0.2, 0.25) is 0 Å². The Morgan fingerprint density at radius 2 is 1.85 bits per heavy atom. The molecule has 12 heteroatoms. The van der Waals surface area contributed by atoms with Crippen molar-refractivity contribution in [3.63, 3.8) is 0 Å². The number of halogens is 6. The van der Waals surface area contributed by atoms with Crippen molar-refractivity contribution in [3.8, 4) is 5.75 Å². The van der Waals surface area contributed by atoms with Gasteiger partial charge in [0.05, 0.1) is 11.1 Å². The average molecular weight is 551 g/mol. The summed E-state index contributed by atoms with van der Waals surface area (Å²) >= 11 is 3.37. The summed E-state index contributed by atoms with van der Waals surface area (Å²) in [4.78, 5) is 24.3. The van der Waals surface area contributed by atoms with Crippen LogP contribution in [0, 0.1) is 11.6 Å². The number of hydrogen-bond acceptors (Lipinski definition) is 4. The van der Waals surface area contributed by atoms with Gasteiger partial charge in [-0.3, -0.25) is 4.79 Å². The van der Waals surface area contributed by atoms with Gasteiger partial charge in [-0.1, -0.05) is 6.07 Å². The number of benzene rings is 2. The van der Waals surface area contributed by atoms with E-state index in [-0.39, 0.29) is 6.42 Å². The van der Waals surface area contributed by atoms with E-state index in [2.05, 4.69) is 21.2 Å². The standard InChI is InChI=1S/C22H20BrF5N2O4/c1-10(22(26,27)28)29-12-8-15(24)18(16(25)9-12)20(31)30-17(21(32)33)7-11-4-5-14(23)19-13(11)3-2-6-34-19/h4-5,8-10,17,29H,2-3,6-7H2,1H3,(H,30,31)(H,32,33)/t10-,17+/m1/s1. The van der Waals surface area contributed by atoms with Crippen molar-refractivity contribution < 1.29 is 41.4 Å². The van der Waals surface area contributed by atoms with Crippen LogP contribution in [0.4, 0.5) is 27.6 Å². The lowest BCUT2D eigenvalue weighted by atomic mass is 9.95. The molecular formula is C22H20BrF5N2O4. The molecular weight excluding hydrogens is 531 g/mol. The minimum atomic E-state index is -4.66. The molecule has 0 spiro atoms. The topological polar surface area (TPSA) is 87.7 Å². The Balaban J connectivity index is 1.81. The van der Waals surface area contributed by atoms with Gasteiger partial charge < -0.3 is 20.5 Å². The Morgan fingerprint density at radius 1 is 1.21 bits per heavy atom. The van der Waals surface area contributed by atoms with E-state index in [4.69, 9.17) is 4.74 Å². The highest BCUT2D eigenvalue weighted by Gasteiger charge is 2.36. The second kappa shape index (κ2) is 10.2. The van der Waals surface area contributed by atoms with Gasteiger partial charge >= 0.3 is 12.1 Å². The summed E-state index contributed by atoms with van der Waals surface area (Å²) in [6, 6.07) is 0.803. The predicted octanol–water partition coefficient (Wildman–Crippen LogP) is 4.84. The number of ether oxygens (including phenoxy) is 1. The summed E-state index contributed by atoms with van der Waals surface area (Å²) < 4.78 is 73.3. The maximum absolute atomic E-state index is 14.5. The highest BCUT2D eigenvalue weighted by atomic mass is 79.9. The lowest BCUT2D eigenvalue weighted by molar-refractivity contribution is -0.139. The summed E-state index contributed by atoms with van der Waals surface area (Å²) in [5.41, 5.74) is -0.259. The Hall–Kier alpha value is -2.89. The number of aliphatic carboxylic acids is 1. The van der Waals surface area contributed by atoms with E-state index < -0.39 is 53.0 Å². The fourth-order valence-corrected chi connectivity index (χ4v) is 4.03. The molecule has 3 rings (SSSR count). The molecule has 2 aromatic rings. The van der Waals surface area contributed by atoms with Crippen LogP contribution in [0.1, 0.15) is 34.8 Å². The number of fused-ring (bicyclic) bond motifs is 1. The molecule has 1 amide bonds. The SMILES string of the molecule is C[C@@H](Nc1cc(F)c(C(=O)N[C@@H](Cc2ccc(Br)c3c2CCCO3)C(=O)O)c(F)c1)C(F)(F)F. The number of alkyl halides is 3. The number of anilines is 1. The van der Waals surface area contributed by atoms with Crippen molar-refractivity contribution in [1.29, 1.82) is 0 Å². The Kier molecular flexibility index (Phi) is 7.69. The molecule has 3 N–H and O–H groups in total. The molecule has 0 saturated carbocycles. The molecule has 1 heterocycles. The largest absolute Gasteiger partial charge is 0.492 e. The van der Waals surface area contributed by atoms with Crippen LogP contribution in [0.2, 0.25) is 0 Å². The molecule has 34 heavy (non-hydrogen) atoms. The zero-order valence-electron chi connectivity index (χ0n) is 17.7. The Bertz CT molecular complexity index is 1090. The fourth-order valence-electron chi connectivity index (χ4n) is 3.54. The third kappa shape index (κ3) is 5.78. The zero-order chi connectivity index (χ0) is 25.2. The van der Waals surface area contributed by atoms with Crippen LogP contribution in [-0.2, 0) is 17.6 Å². The van der Waals surface area contributed by atoms with Gasteiger partial charge in [0.25, 0.3) is 5.91 Å². The first-order valence-electron chi connectivity index (χ1n) is 10.2. The molecule has 184 valence electrons. The van der Waals surface area contributed by atoms with Gasteiger partial charge in [0.1, 0.15) is 35.0 Å². The van der Waals surface area contributed by atoms with Gasteiger partial charge in [0, 0.05) is 12.1 Å². The van der Waals surface area contributed by atoms with Gasteiger partial charge in [-0.05, 0) is 65.0 Å². The highest BCUT2D eigenvalue weighted by Crippen LogP contribution is 2.36. The third-order valence-corrected chi connectivity index (χ3v) is 5.92. The predicted molar refractivity (Wildman–Crippen MR) is 116 cm³/mol. The van der Waals surface area contributed by atoms with E-state index >= 15 is 0 Å². The van der Waals surface area contributed by atoms with E-state index in [1.54, 1.807) is 12.1 Å². The molecule has 0 aliphatic carbocycles. The molecule has 2 atom stereocenters. The molecule has 1 aliphatic heterocycles. The average Bonchev–Trinajstić information content (AvgIpc) is 2.74. The lowest BCUT2D eigenvalue weighted by Gasteiger charge is -2.23. The van der Waals surface area contributed by atoms with Crippen LogP contribution in [0.5, 0.6) is 5.75 Å². The van der Waals surface area contributed by atoms with Crippen molar-refractivity contribution in [2.45, 2.75) is 44.4 Å². The van der Waals surface area contributed by atoms with Crippen molar-refractivity contribution >= 4 is 33.5 Å². The number of carbonyl (C=O) groups is 2. The van der Waals surface area contributed by atoms with E-state index in [0.717, 1.165) is 12.5 Å². The van der Waals surface area contributed by atoms with Crippen LogP contribution in [0.25, 0.3) is 0 Å². The fraction of sp³-hybridized carbons (Fsp3) is 0.364. The first-order chi connectivity index (χ1) is 15.9. The summed E-state index contributed by atoms with van der Waals surface area (Å²) in [6.07, 6.45) is -3.50. The molecule has 6 nitrogen and oxygen atoms in total. The van der Waals surface area contributed by atoms with E-state index in [9.17, 15) is 36.6 Å². The normalized spacial score (nSPS) is 15.0. The first kappa shape index (κ1) is 25.7. The number of carboxylic acid groups (broad SMARTS) is 1. The van der Waals surface area contributed by atoms with Crippen LogP contribution in [-0.4, -0.2) is 41.8 Å². The van der Waals surface area contributed by atoms with Crippen molar-refractivity contribution in [1.82, 2.24) is 5.32 Å². The van der Waals surface area contributed by atoms with Gasteiger partial charge in [0.15, 0.2) is 0 Å². The number of amides is 1. The minimum absolute atomic E-state index is 0.175. The zero-order valence-corrected chi connectivity index (χ0v) is 19.3. The monoisotopic (exact) mass is 550 g/mol. The molecule has 0 saturated heterocycles. The van der Waals surface area contributed by atoms with Crippen LogP contribution < -0.4 is 15.4 Å². The smallest absolute Gasteiger partial charge is 0.408 e. The van der Waals surface area contributed by atoms with E-state index in [1.807, 2.05) is 5.32 Å². The van der Waals surface area contributed by atoms with E-state index in [0.29, 0.717) is 47.4 Å². The summed E-state index contributed by atoms with van der Waals surface area (Å²) in [5, 5.41) is 13.6. The number of hydrogen-bond donors (Lipinski definition) is 3. The third-order valence-electron chi connectivity index (χ3n) is 5.30. The number of rotatable bonds is 7. The van der Waals surface area contributed by atoms with Crippen LogP contribution in [0.15, 0.2) is 28.7 Å². The molecule has 0 bridgehead atoms. The Morgan fingerprint density at radius 3 is 2.44 bits per heavy atom. The molecule has 0 aromatic heterocycles. The number of carbonyl (C=O) groups excluding carboxylic acids is 1. The quantitative estimate of drug-likeness (QED) is 0.429. The molecule has 0 radical (unpaired) electrons. The summed E-state index contributed by atoms with van der Waals surface area (Å²) in [6.45, 7) is 1.26. The van der Waals surface area contributed by atoms with Crippen LogP contribution in [0.3, 0.4) is 0 Å². The number of nitrogens with one attached hydrogen (secondary N) is 2.